The third kappa shape index (κ3) is 5.31. The van der Waals surface area contributed by atoms with Gasteiger partial charge in [0.2, 0.25) is 0 Å². The molecule has 8 nitrogen and oxygen atoms in total. The zero-order chi connectivity index (χ0) is 15.9. The van der Waals surface area contributed by atoms with Crippen LogP contribution >= 0.6 is 15.9 Å². The van der Waals surface area contributed by atoms with Crippen LogP contribution in [0.1, 0.15) is 13.8 Å². The van der Waals surface area contributed by atoms with Crippen LogP contribution in [-0.2, 0) is 38.2 Å². The highest BCUT2D eigenvalue weighted by Crippen LogP contribution is 2.19. The number of methoxy groups -OCH3 is 1. The predicted octanol–water partition coefficient (Wildman–Crippen LogP) is 0.0287. The van der Waals surface area contributed by atoms with Crippen molar-refractivity contribution in [3.63, 3.8) is 0 Å². The maximum atomic E-state index is 11.6. The van der Waals surface area contributed by atoms with Crippen molar-refractivity contribution in [1.82, 2.24) is 0 Å². The molecule has 1 atom stereocenters. The lowest BCUT2D eigenvalue weighted by Crippen LogP contribution is -2.47. The number of esters is 4. The Kier molecular flexibility index (Phi) is 6.77. The molecule has 0 rings (SSSR count). The van der Waals surface area contributed by atoms with Gasteiger partial charge in [-0.25, -0.2) is 14.4 Å². The van der Waals surface area contributed by atoms with E-state index in [9.17, 15) is 24.0 Å². The van der Waals surface area contributed by atoms with Crippen molar-refractivity contribution >= 4 is 44.5 Å². The number of halogens is 1. The van der Waals surface area contributed by atoms with Gasteiger partial charge in [-0.05, 0) is 22.9 Å². The molecule has 0 aliphatic carbocycles. The molecular weight excluding hydrogens is 340 g/mol. The first kappa shape index (κ1) is 18.0. The van der Waals surface area contributed by atoms with E-state index in [4.69, 9.17) is 0 Å². The minimum atomic E-state index is -2.36. The average molecular weight is 351 g/mol. The monoisotopic (exact) mass is 350 g/mol. The zero-order valence-electron chi connectivity index (χ0n) is 10.8. The quantitative estimate of drug-likeness (QED) is 0.224. The lowest BCUT2D eigenvalue weighted by atomic mass is 10.1. The van der Waals surface area contributed by atoms with Crippen molar-refractivity contribution in [1.29, 1.82) is 0 Å². The van der Waals surface area contributed by atoms with Crippen LogP contribution in [0.3, 0.4) is 0 Å². The fourth-order valence-corrected chi connectivity index (χ4v) is 1.07. The molecule has 110 valence electrons. The number of hydrogen-bond acceptors (Lipinski definition) is 8. The molecule has 0 aliphatic rings. The molecule has 0 spiro atoms. The van der Waals surface area contributed by atoms with E-state index in [2.05, 4.69) is 30.1 Å². The predicted molar refractivity (Wildman–Crippen MR) is 66.4 cm³/mol. The van der Waals surface area contributed by atoms with Crippen LogP contribution in [0, 0.1) is 0 Å². The van der Waals surface area contributed by atoms with Gasteiger partial charge in [-0.2, -0.15) is 0 Å². The van der Waals surface area contributed by atoms with Gasteiger partial charge in [-0.1, -0.05) is 0 Å². The largest absolute Gasteiger partial charge is 0.466 e. The van der Waals surface area contributed by atoms with Crippen LogP contribution in [0.5, 0.6) is 0 Å². The maximum absolute atomic E-state index is 11.6. The van der Waals surface area contributed by atoms with E-state index in [0.717, 1.165) is 27.0 Å². The number of carbonyl (C=O) groups is 5. The molecule has 0 aromatic carbocycles. The summed E-state index contributed by atoms with van der Waals surface area (Å²) in [6.07, 6.45) is 1.39. The number of rotatable bonds is 5. The molecule has 9 heteroatoms. The highest BCUT2D eigenvalue weighted by molar-refractivity contribution is 9.18. The summed E-state index contributed by atoms with van der Waals surface area (Å²) in [5.41, 5.74) is -2.36. The van der Waals surface area contributed by atoms with E-state index in [0.29, 0.717) is 6.08 Å². The Bertz CT molecular complexity index is 481. The summed E-state index contributed by atoms with van der Waals surface area (Å²) in [5, 5.41) is 0. The highest BCUT2D eigenvalue weighted by atomic mass is 79.9. The van der Waals surface area contributed by atoms with Crippen LogP contribution in [0.15, 0.2) is 12.2 Å². The Morgan fingerprint density at radius 1 is 1.05 bits per heavy atom. The third-order valence-corrected chi connectivity index (χ3v) is 2.62. The van der Waals surface area contributed by atoms with E-state index >= 15 is 0 Å². The summed E-state index contributed by atoms with van der Waals surface area (Å²) in [7, 11) is 1.09. The molecule has 1 unspecified atom stereocenters. The average Bonchev–Trinajstić information content (AvgIpc) is 2.34. The molecule has 0 saturated carbocycles. The van der Waals surface area contributed by atoms with E-state index in [1.165, 1.54) is 0 Å². The Morgan fingerprint density at radius 3 is 1.95 bits per heavy atom. The molecule has 0 aromatic heterocycles. The fourth-order valence-electron chi connectivity index (χ4n) is 0.829. The van der Waals surface area contributed by atoms with Crippen molar-refractivity contribution in [2.45, 2.75) is 19.4 Å². The topological polar surface area (TPSA) is 113 Å². The summed E-state index contributed by atoms with van der Waals surface area (Å²) in [6.45, 7) is 1.87. The molecule has 0 heterocycles. The van der Waals surface area contributed by atoms with Crippen molar-refractivity contribution in [2.24, 2.45) is 0 Å². The SMILES string of the molecule is COC(=O)C=CC(=O)OC(C)(C(=O)Br)C(=O)OC(C)=O. The van der Waals surface area contributed by atoms with E-state index in [1.807, 2.05) is 0 Å². The Hall–Kier alpha value is -2.03. The standard InChI is InChI=1S/C11H11BrO8/c1-6(13)19-10(17)11(2,9(12)16)20-8(15)5-4-7(14)18-3/h4-5H,1-3H3. The molecule has 0 radical (unpaired) electrons. The van der Waals surface area contributed by atoms with Gasteiger partial charge in [-0.3, -0.25) is 9.59 Å². The van der Waals surface area contributed by atoms with Crippen LogP contribution in [0.2, 0.25) is 0 Å². The maximum Gasteiger partial charge on any atom is 0.366 e. The first-order chi connectivity index (χ1) is 9.13. The lowest BCUT2D eigenvalue weighted by molar-refractivity contribution is -0.181. The Morgan fingerprint density at radius 2 is 1.55 bits per heavy atom. The van der Waals surface area contributed by atoms with Gasteiger partial charge in [0.05, 0.1) is 7.11 Å². The smallest absolute Gasteiger partial charge is 0.366 e. The minimum Gasteiger partial charge on any atom is -0.466 e. The van der Waals surface area contributed by atoms with Crippen molar-refractivity contribution in [3.8, 4) is 0 Å². The minimum absolute atomic E-state index is 0.654. The van der Waals surface area contributed by atoms with Gasteiger partial charge < -0.3 is 14.2 Å². The second kappa shape index (κ2) is 7.53. The second-order valence-corrected chi connectivity index (χ2v) is 4.19. The molecule has 0 N–H and O–H groups in total. The van der Waals surface area contributed by atoms with Crippen molar-refractivity contribution < 1.29 is 38.2 Å². The second-order valence-electron chi connectivity index (χ2n) is 3.47. The summed E-state index contributed by atoms with van der Waals surface area (Å²) >= 11 is 2.47. The molecule has 0 aromatic rings. The fraction of sp³-hybridized carbons (Fsp3) is 0.364. The molecular formula is C11H11BrO8. The number of ether oxygens (including phenoxy) is 3. The summed E-state index contributed by atoms with van der Waals surface area (Å²) in [5.74, 6) is -4.35. The van der Waals surface area contributed by atoms with Crippen molar-refractivity contribution in [3.05, 3.63) is 12.2 Å². The van der Waals surface area contributed by atoms with Crippen LogP contribution < -0.4 is 0 Å². The molecule has 0 fully saturated rings. The summed E-state index contributed by atoms with van der Waals surface area (Å²) in [6, 6.07) is 0. The van der Waals surface area contributed by atoms with Crippen LogP contribution in [0.4, 0.5) is 0 Å². The third-order valence-electron chi connectivity index (χ3n) is 1.86. The van der Waals surface area contributed by atoms with Crippen LogP contribution in [0.25, 0.3) is 0 Å². The van der Waals surface area contributed by atoms with E-state index in [-0.39, 0.29) is 0 Å². The van der Waals surface area contributed by atoms with Gasteiger partial charge >= 0.3 is 23.9 Å². The first-order valence-electron chi connectivity index (χ1n) is 5.05. The van der Waals surface area contributed by atoms with Gasteiger partial charge in [0.25, 0.3) is 10.3 Å². The van der Waals surface area contributed by atoms with Gasteiger partial charge in [0.1, 0.15) is 0 Å². The number of hydrogen-bond donors (Lipinski definition) is 0. The molecule has 0 aliphatic heterocycles. The first-order valence-corrected chi connectivity index (χ1v) is 5.84. The van der Waals surface area contributed by atoms with Gasteiger partial charge in [0, 0.05) is 19.1 Å². The van der Waals surface area contributed by atoms with Gasteiger partial charge in [0.15, 0.2) is 0 Å². The van der Waals surface area contributed by atoms with E-state index in [1.54, 1.807) is 0 Å². The lowest BCUT2D eigenvalue weighted by Gasteiger charge is -2.21. The summed E-state index contributed by atoms with van der Waals surface area (Å²) in [4.78, 5) is 55.7. The van der Waals surface area contributed by atoms with E-state index < -0.39 is 34.2 Å². The normalized spacial score (nSPS) is 13.2. The highest BCUT2D eigenvalue weighted by Gasteiger charge is 2.46. The van der Waals surface area contributed by atoms with Crippen LogP contribution in [-0.4, -0.2) is 41.3 Å². The van der Waals surface area contributed by atoms with Gasteiger partial charge in [-0.15, -0.1) is 0 Å². The molecule has 0 amide bonds. The summed E-state index contributed by atoms with van der Waals surface area (Å²) < 4.78 is 12.0. The Labute approximate surface area is 122 Å². The Balaban J connectivity index is 5.03. The van der Waals surface area contributed by atoms with Crippen molar-refractivity contribution in [2.75, 3.05) is 7.11 Å². The zero-order valence-corrected chi connectivity index (χ0v) is 12.4. The molecule has 20 heavy (non-hydrogen) atoms. The number of carbonyl (C=O) groups excluding carboxylic acids is 5. The molecule has 0 bridgehead atoms. The molecule has 0 saturated heterocycles.